The summed E-state index contributed by atoms with van der Waals surface area (Å²) in [5.74, 6) is -0.163. The van der Waals surface area contributed by atoms with E-state index in [1.165, 1.54) is 24.5 Å². The molecule has 10 heteroatoms. The minimum absolute atomic E-state index is 0.154. The number of aromatic nitrogens is 2. The van der Waals surface area contributed by atoms with Gasteiger partial charge in [0, 0.05) is 23.2 Å². The highest BCUT2D eigenvalue weighted by atomic mass is 32.2. The zero-order valence-electron chi connectivity index (χ0n) is 19.2. The van der Waals surface area contributed by atoms with Crippen LogP contribution in [0.1, 0.15) is 45.6 Å². The number of carbonyl (C=O) groups is 2. The Morgan fingerprint density at radius 3 is 2.68 bits per heavy atom. The molecular formula is C24H26N4O5S. The van der Waals surface area contributed by atoms with Crippen molar-refractivity contribution in [2.75, 3.05) is 5.32 Å². The van der Waals surface area contributed by atoms with E-state index in [1.807, 2.05) is 0 Å². The van der Waals surface area contributed by atoms with Crippen LogP contribution in [0.2, 0.25) is 0 Å². The van der Waals surface area contributed by atoms with Crippen molar-refractivity contribution in [1.29, 1.82) is 0 Å². The Bertz CT molecular complexity index is 1410. The van der Waals surface area contributed by atoms with Crippen molar-refractivity contribution in [2.24, 2.45) is 0 Å². The van der Waals surface area contributed by atoms with E-state index in [0.29, 0.717) is 30.3 Å². The van der Waals surface area contributed by atoms with Crippen molar-refractivity contribution in [3.8, 4) is 0 Å². The van der Waals surface area contributed by atoms with E-state index in [0.717, 1.165) is 9.54 Å². The maximum Gasteiger partial charge on any atom is 0.407 e. The van der Waals surface area contributed by atoms with Crippen molar-refractivity contribution < 1.29 is 22.7 Å². The second-order valence-corrected chi connectivity index (χ2v) is 11.7. The van der Waals surface area contributed by atoms with Crippen LogP contribution in [0.5, 0.6) is 0 Å². The molecule has 2 aromatic heterocycles. The van der Waals surface area contributed by atoms with E-state index in [2.05, 4.69) is 15.6 Å². The van der Waals surface area contributed by atoms with E-state index >= 15 is 0 Å². The Morgan fingerprint density at radius 2 is 1.97 bits per heavy atom. The maximum absolute atomic E-state index is 13.3. The van der Waals surface area contributed by atoms with Crippen LogP contribution in [0.15, 0.2) is 53.7 Å². The van der Waals surface area contributed by atoms with Gasteiger partial charge in [-0.1, -0.05) is 18.2 Å². The summed E-state index contributed by atoms with van der Waals surface area (Å²) in [5.41, 5.74) is 0.0759. The van der Waals surface area contributed by atoms with Crippen molar-refractivity contribution >= 4 is 38.7 Å². The molecule has 1 aliphatic carbocycles. The molecular weight excluding hydrogens is 456 g/mol. The third-order valence-corrected chi connectivity index (χ3v) is 8.06. The molecule has 3 heterocycles. The van der Waals surface area contributed by atoms with Gasteiger partial charge < -0.3 is 15.4 Å². The molecule has 2 aliphatic rings. The number of benzene rings is 1. The Kier molecular flexibility index (Phi) is 4.98. The second-order valence-electron chi connectivity index (χ2n) is 9.84. The van der Waals surface area contributed by atoms with Gasteiger partial charge >= 0.3 is 6.09 Å². The van der Waals surface area contributed by atoms with Crippen LogP contribution in [0, 0.1) is 0 Å². The Balaban J connectivity index is 1.52. The number of rotatable bonds is 3. The number of amides is 2. The van der Waals surface area contributed by atoms with Gasteiger partial charge in [-0.2, -0.15) is 0 Å². The molecule has 1 spiro atoms. The van der Waals surface area contributed by atoms with E-state index in [9.17, 15) is 18.0 Å². The van der Waals surface area contributed by atoms with Gasteiger partial charge in [-0.05, 0) is 58.2 Å². The van der Waals surface area contributed by atoms with Gasteiger partial charge in [0.25, 0.3) is 10.0 Å². The smallest absolute Gasteiger partial charge is 0.407 e. The second kappa shape index (κ2) is 7.56. The number of anilines is 1. The number of ether oxygens (including phenoxy) is 1. The van der Waals surface area contributed by atoms with Crippen LogP contribution < -0.4 is 10.6 Å². The van der Waals surface area contributed by atoms with Crippen molar-refractivity contribution in [1.82, 2.24) is 14.3 Å². The molecule has 2 N–H and O–H groups in total. The SMILES string of the molecule is CC(C)(C)OC(=O)N[C@@H]1CC[C@]2(C1)C(=O)Nc1cnc3c(ccn3S(=O)(=O)c3ccccc3)c12. The normalized spacial score (nSPS) is 22.1. The number of nitrogens with zero attached hydrogens (tertiary/aromatic N) is 2. The fourth-order valence-electron chi connectivity index (χ4n) is 5.00. The molecule has 0 unspecified atom stereocenters. The van der Waals surface area contributed by atoms with Crippen molar-refractivity contribution in [3.05, 3.63) is 54.4 Å². The highest BCUT2D eigenvalue weighted by molar-refractivity contribution is 7.90. The lowest BCUT2D eigenvalue weighted by atomic mass is 9.79. The third kappa shape index (κ3) is 3.53. The number of hydrogen-bond donors (Lipinski definition) is 2. The molecule has 1 aromatic carbocycles. The lowest BCUT2D eigenvalue weighted by Crippen LogP contribution is -2.40. The van der Waals surface area contributed by atoms with Gasteiger partial charge in [-0.15, -0.1) is 0 Å². The molecule has 0 radical (unpaired) electrons. The number of alkyl carbamates (subject to hydrolysis) is 1. The van der Waals surface area contributed by atoms with Crippen LogP contribution in [0.3, 0.4) is 0 Å². The number of nitrogens with one attached hydrogen (secondary N) is 2. The highest BCUT2D eigenvalue weighted by Gasteiger charge is 2.53. The molecule has 1 aliphatic heterocycles. The lowest BCUT2D eigenvalue weighted by molar-refractivity contribution is -0.120. The Hall–Kier alpha value is -3.40. The summed E-state index contributed by atoms with van der Waals surface area (Å²) in [6.07, 6.45) is 3.97. The average molecular weight is 483 g/mol. The van der Waals surface area contributed by atoms with Crippen LogP contribution in [0.4, 0.5) is 10.5 Å². The molecule has 0 saturated heterocycles. The summed E-state index contributed by atoms with van der Waals surface area (Å²) in [4.78, 5) is 30.0. The summed E-state index contributed by atoms with van der Waals surface area (Å²) < 4.78 is 33.0. The zero-order valence-corrected chi connectivity index (χ0v) is 20.0. The fraction of sp³-hybridized carbons (Fsp3) is 0.375. The van der Waals surface area contributed by atoms with Gasteiger partial charge in [-0.25, -0.2) is 22.2 Å². The molecule has 1 saturated carbocycles. The maximum atomic E-state index is 13.3. The zero-order chi connectivity index (χ0) is 24.3. The van der Waals surface area contributed by atoms with Crippen LogP contribution in [0.25, 0.3) is 11.0 Å². The molecule has 1 fully saturated rings. The molecule has 2 atom stereocenters. The van der Waals surface area contributed by atoms with Crippen molar-refractivity contribution in [3.63, 3.8) is 0 Å². The summed E-state index contributed by atoms with van der Waals surface area (Å²) >= 11 is 0. The predicted octanol–water partition coefficient (Wildman–Crippen LogP) is 3.54. The highest BCUT2D eigenvalue weighted by Crippen LogP contribution is 2.51. The summed E-state index contributed by atoms with van der Waals surface area (Å²) in [6.45, 7) is 5.38. The molecule has 178 valence electrons. The molecule has 34 heavy (non-hydrogen) atoms. The van der Waals surface area contributed by atoms with Gasteiger partial charge in [0.2, 0.25) is 5.91 Å². The van der Waals surface area contributed by atoms with Gasteiger partial charge in [0.1, 0.15) is 5.60 Å². The minimum Gasteiger partial charge on any atom is -0.444 e. The first-order chi connectivity index (χ1) is 16.0. The summed E-state index contributed by atoms with van der Waals surface area (Å²) in [6, 6.07) is 9.59. The first-order valence-electron chi connectivity index (χ1n) is 11.1. The van der Waals surface area contributed by atoms with E-state index in [-0.39, 0.29) is 22.5 Å². The quantitative estimate of drug-likeness (QED) is 0.589. The van der Waals surface area contributed by atoms with E-state index in [1.54, 1.807) is 45.0 Å². The largest absolute Gasteiger partial charge is 0.444 e. The molecule has 3 aromatic rings. The summed E-state index contributed by atoms with van der Waals surface area (Å²) in [5, 5.41) is 6.39. The van der Waals surface area contributed by atoms with Crippen molar-refractivity contribution in [2.45, 2.75) is 62.0 Å². The lowest BCUT2D eigenvalue weighted by Gasteiger charge is -2.24. The standard InChI is InChI=1S/C24H26N4O5S/c1-23(2,3)33-22(30)26-15-9-11-24(13-15)19-17-10-12-28(20(17)25-14-18(19)27-21(24)29)34(31,32)16-7-5-4-6-8-16/h4-8,10,12,14-15H,9,11,13H2,1-3H3,(H,26,30)(H,27,29)/t15-,24-/m1/s1. The van der Waals surface area contributed by atoms with Gasteiger partial charge in [-0.3, -0.25) is 4.79 Å². The molecule has 0 bridgehead atoms. The number of fused-ring (bicyclic) bond motifs is 4. The number of hydrogen-bond acceptors (Lipinski definition) is 6. The van der Waals surface area contributed by atoms with Gasteiger partial charge in [0.05, 0.1) is 22.2 Å². The van der Waals surface area contributed by atoms with E-state index in [4.69, 9.17) is 4.74 Å². The summed E-state index contributed by atoms with van der Waals surface area (Å²) in [7, 11) is -3.86. The van der Waals surface area contributed by atoms with Crippen LogP contribution in [-0.2, 0) is 25.0 Å². The van der Waals surface area contributed by atoms with E-state index < -0.39 is 27.1 Å². The molecule has 2 amide bonds. The Morgan fingerprint density at radius 1 is 1.24 bits per heavy atom. The third-order valence-electron chi connectivity index (χ3n) is 6.38. The minimum atomic E-state index is -3.86. The van der Waals surface area contributed by atoms with Crippen LogP contribution in [-0.4, -0.2) is 41.0 Å². The topological polar surface area (TPSA) is 119 Å². The average Bonchev–Trinajstić information content (AvgIpc) is 3.44. The van der Waals surface area contributed by atoms with Gasteiger partial charge in [0.15, 0.2) is 5.65 Å². The first kappa shape index (κ1) is 22.4. The van der Waals surface area contributed by atoms with Crippen LogP contribution >= 0.6 is 0 Å². The monoisotopic (exact) mass is 482 g/mol. The number of pyridine rings is 1. The molecule has 5 rings (SSSR count). The fourth-order valence-corrected chi connectivity index (χ4v) is 6.33. The number of carbonyl (C=O) groups excluding carboxylic acids is 2. The predicted molar refractivity (Wildman–Crippen MR) is 126 cm³/mol. The molecule has 9 nitrogen and oxygen atoms in total. The first-order valence-corrected chi connectivity index (χ1v) is 12.6. The Labute approximate surface area is 197 Å².